The number of pyridine rings is 1. The van der Waals surface area contributed by atoms with Crippen LogP contribution in [-0.2, 0) is 0 Å². The van der Waals surface area contributed by atoms with Gasteiger partial charge in [0, 0.05) is 25.6 Å². The van der Waals surface area contributed by atoms with E-state index in [2.05, 4.69) is 18.0 Å². The van der Waals surface area contributed by atoms with Crippen molar-refractivity contribution in [2.24, 2.45) is 5.92 Å². The highest BCUT2D eigenvalue weighted by Crippen LogP contribution is 2.34. The van der Waals surface area contributed by atoms with Gasteiger partial charge in [-0.3, -0.25) is 0 Å². The number of halogens is 1. The fraction of sp³-hybridized carbons (Fsp3) is 0.591. The number of rotatable bonds is 12. The van der Waals surface area contributed by atoms with E-state index >= 15 is 0 Å². The van der Waals surface area contributed by atoms with Crippen LogP contribution >= 0.6 is 11.6 Å². The number of aliphatic hydroxyl groups is 1. The van der Waals surface area contributed by atoms with Crippen LogP contribution < -0.4 is 9.64 Å². The molecule has 2 aromatic rings. The van der Waals surface area contributed by atoms with Crippen LogP contribution in [0.2, 0.25) is 5.02 Å². The molecule has 0 aliphatic heterocycles. The Morgan fingerprint density at radius 3 is 2.56 bits per heavy atom. The number of aliphatic hydroxyl groups excluding tert-OH is 1. The second-order valence-electron chi connectivity index (χ2n) is 7.63. The summed E-state index contributed by atoms with van der Waals surface area (Å²) in [4.78, 5) is 7.07. The molecule has 0 amide bonds. The van der Waals surface area contributed by atoms with E-state index in [0.717, 1.165) is 54.9 Å². The summed E-state index contributed by atoms with van der Waals surface area (Å²) in [6.45, 7) is 2.07. The molecule has 0 radical (unpaired) electrons. The Bertz CT molecular complexity index is 734. The standard InChI is InChI=1S/C22H31ClN2O2/c1-25(14-6-4-2-3-5-7-15-26)21-13-10-18-19(23)11-12-20(22(18)24-21)27-16-17-8-9-17/h10-13,17,26H,2-9,14-16H2,1H3. The molecule has 1 aliphatic rings. The summed E-state index contributed by atoms with van der Waals surface area (Å²) in [6.07, 6.45) is 9.39. The molecule has 1 N–H and O–H groups in total. The average molecular weight is 391 g/mol. The van der Waals surface area contributed by atoms with Crippen molar-refractivity contribution in [1.29, 1.82) is 0 Å². The molecule has 1 fully saturated rings. The Labute approximate surface area is 167 Å². The van der Waals surface area contributed by atoms with Gasteiger partial charge in [0.05, 0.1) is 11.6 Å². The number of benzene rings is 1. The Hall–Kier alpha value is -1.52. The van der Waals surface area contributed by atoms with Crippen molar-refractivity contribution < 1.29 is 9.84 Å². The van der Waals surface area contributed by atoms with Crippen molar-refractivity contribution in [2.75, 3.05) is 31.7 Å². The maximum absolute atomic E-state index is 8.81. The summed E-state index contributed by atoms with van der Waals surface area (Å²) in [6, 6.07) is 7.93. The van der Waals surface area contributed by atoms with Crippen molar-refractivity contribution in [2.45, 2.75) is 51.4 Å². The van der Waals surface area contributed by atoms with Gasteiger partial charge in [-0.15, -0.1) is 0 Å². The number of anilines is 1. The van der Waals surface area contributed by atoms with E-state index in [0.29, 0.717) is 17.5 Å². The maximum atomic E-state index is 8.81. The molecular weight excluding hydrogens is 360 g/mol. The van der Waals surface area contributed by atoms with Gasteiger partial charge in [-0.25, -0.2) is 4.98 Å². The van der Waals surface area contributed by atoms with Crippen LogP contribution in [0.5, 0.6) is 5.75 Å². The summed E-state index contributed by atoms with van der Waals surface area (Å²) >= 11 is 6.37. The van der Waals surface area contributed by atoms with Crippen molar-refractivity contribution in [3.63, 3.8) is 0 Å². The van der Waals surface area contributed by atoms with Crippen LogP contribution in [0.25, 0.3) is 10.9 Å². The smallest absolute Gasteiger partial charge is 0.145 e. The van der Waals surface area contributed by atoms with E-state index in [1.807, 2.05) is 18.2 Å². The predicted molar refractivity (Wildman–Crippen MR) is 113 cm³/mol. The van der Waals surface area contributed by atoms with Gasteiger partial charge < -0.3 is 14.7 Å². The van der Waals surface area contributed by atoms with Gasteiger partial charge in [0.25, 0.3) is 0 Å². The number of aromatic nitrogens is 1. The lowest BCUT2D eigenvalue weighted by molar-refractivity contribution is 0.282. The molecule has 0 atom stereocenters. The van der Waals surface area contributed by atoms with Crippen molar-refractivity contribution in [3.8, 4) is 5.75 Å². The number of fused-ring (bicyclic) bond motifs is 1. The van der Waals surface area contributed by atoms with Crippen LogP contribution in [0.1, 0.15) is 51.4 Å². The molecule has 3 rings (SSSR count). The highest BCUT2D eigenvalue weighted by Gasteiger charge is 2.22. The number of hydrogen-bond donors (Lipinski definition) is 1. The second-order valence-corrected chi connectivity index (χ2v) is 8.04. The predicted octanol–water partition coefficient (Wildman–Crippen LogP) is 5.45. The van der Waals surface area contributed by atoms with Gasteiger partial charge in [-0.2, -0.15) is 0 Å². The molecule has 1 aliphatic carbocycles. The lowest BCUT2D eigenvalue weighted by Gasteiger charge is -2.19. The molecule has 1 saturated carbocycles. The van der Waals surface area contributed by atoms with E-state index < -0.39 is 0 Å². The molecule has 0 spiro atoms. The summed E-state index contributed by atoms with van der Waals surface area (Å²) in [7, 11) is 2.09. The van der Waals surface area contributed by atoms with Gasteiger partial charge in [-0.1, -0.05) is 37.3 Å². The average Bonchev–Trinajstić information content (AvgIpc) is 3.51. The van der Waals surface area contributed by atoms with Crippen LogP contribution in [0.15, 0.2) is 24.3 Å². The van der Waals surface area contributed by atoms with Crippen LogP contribution in [-0.4, -0.2) is 36.9 Å². The highest BCUT2D eigenvalue weighted by molar-refractivity contribution is 6.35. The van der Waals surface area contributed by atoms with E-state index in [4.69, 9.17) is 26.4 Å². The zero-order chi connectivity index (χ0) is 19.1. The van der Waals surface area contributed by atoms with Crippen molar-refractivity contribution >= 4 is 28.3 Å². The van der Waals surface area contributed by atoms with E-state index in [9.17, 15) is 0 Å². The first-order valence-corrected chi connectivity index (χ1v) is 10.6. The normalized spacial score (nSPS) is 13.9. The minimum atomic E-state index is 0.312. The zero-order valence-electron chi connectivity index (χ0n) is 16.3. The van der Waals surface area contributed by atoms with Crippen LogP contribution in [0.3, 0.4) is 0 Å². The second kappa shape index (κ2) is 10.1. The monoisotopic (exact) mass is 390 g/mol. The first kappa shape index (κ1) is 20.2. The third-order valence-corrected chi connectivity index (χ3v) is 5.55. The number of ether oxygens (including phenoxy) is 1. The lowest BCUT2D eigenvalue weighted by Crippen LogP contribution is -2.19. The molecule has 1 aromatic carbocycles. The van der Waals surface area contributed by atoms with Gasteiger partial charge in [-0.05, 0) is 55.9 Å². The molecule has 0 bridgehead atoms. The van der Waals surface area contributed by atoms with E-state index in [1.165, 1.54) is 32.1 Å². The Morgan fingerprint density at radius 1 is 1.07 bits per heavy atom. The van der Waals surface area contributed by atoms with Gasteiger partial charge in [0.15, 0.2) is 0 Å². The molecule has 5 heteroatoms. The molecule has 0 unspecified atom stereocenters. The summed E-state index contributed by atoms with van der Waals surface area (Å²) in [5, 5.41) is 10.5. The van der Waals surface area contributed by atoms with Crippen molar-refractivity contribution in [1.82, 2.24) is 4.98 Å². The Morgan fingerprint density at radius 2 is 1.81 bits per heavy atom. The third kappa shape index (κ3) is 5.98. The fourth-order valence-electron chi connectivity index (χ4n) is 3.25. The zero-order valence-corrected chi connectivity index (χ0v) is 17.0. The van der Waals surface area contributed by atoms with Crippen molar-refractivity contribution in [3.05, 3.63) is 29.3 Å². The summed E-state index contributed by atoms with van der Waals surface area (Å²) in [5.41, 5.74) is 0.858. The Kier molecular flexibility index (Phi) is 7.59. The first-order chi connectivity index (χ1) is 13.2. The van der Waals surface area contributed by atoms with Crippen LogP contribution in [0, 0.1) is 5.92 Å². The maximum Gasteiger partial charge on any atom is 0.145 e. The minimum absolute atomic E-state index is 0.312. The van der Waals surface area contributed by atoms with Gasteiger partial charge >= 0.3 is 0 Å². The molecule has 148 valence electrons. The summed E-state index contributed by atoms with van der Waals surface area (Å²) in [5.74, 6) is 2.50. The largest absolute Gasteiger partial charge is 0.491 e. The van der Waals surface area contributed by atoms with Gasteiger partial charge in [0.1, 0.15) is 17.1 Å². The van der Waals surface area contributed by atoms with Gasteiger partial charge in [0.2, 0.25) is 0 Å². The molecule has 1 aromatic heterocycles. The molecule has 27 heavy (non-hydrogen) atoms. The minimum Gasteiger partial charge on any atom is -0.491 e. The quantitative estimate of drug-likeness (QED) is 0.490. The SMILES string of the molecule is CN(CCCCCCCCO)c1ccc2c(Cl)ccc(OCC3CC3)c2n1. The molecule has 1 heterocycles. The number of unbranched alkanes of at least 4 members (excludes halogenated alkanes) is 5. The molecular formula is C22H31ClN2O2. The third-order valence-electron chi connectivity index (χ3n) is 5.22. The number of hydrogen-bond acceptors (Lipinski definition) is 4. The van der Waals surface area contributed by atoms with E-state index in [-0.39, 0.29) is 0 Å². The van der Waals surface area contributed by atoms with Crippen LogP contribution in [0.4, 0.5) is 5.82 Å². The number of nitrogens with zero attached hydrogens (tertiary/aromatic N) is 2. The first-order valence-electron chi connectivity index (χ1n) is 10.2. The lowest BCUT2D eigenvalue weighted by atomic mass is 10.1. The highest BCUT2D eigenvalue weighted by atomic mass is 35.5. The molecule has 0 saturated heterocycles. The summed E-state index contributed by atoms with van der Waals surface area (Å²) < 4.78 is 6.02. The fourth-order valence-corrected chi connectivity index (χ4v) is 3.47. The topological polar surface area (TPSA) is 45.6 Å². The Balaban J connectivity index is 1.59. The van der Waals surface area contributed by atoms with E-state index in [1.54, 1.807) is 0 Å². The molecule has 4 nitrogen and oxygen atoms in total.